The first-order chi connectivity index (χ1) is 4.18. The number of unbranched alkanes of at least 4 members (excludes halogenated alkanes) is 1. The van der Waals surface area contributed by atoms with Crippen molar-refractivity contribution in [3.05, 3.63) is 0 Å². The zero-order valence-corrected chi connectivity index (χ0v) is 6.12. The Morgan fingerprint density at radius 1 is 1.78 bits per heavy atom. The minimum atomic E-state index is -1.45. The van der Waals surface area contributed by atoms with Crippen molar-refractivity contribution >= 4 is 16.8 Å². The predicted octanol–water partition coefficient (Wildman–Crippen LogP) is 2.28. The number of rotatable bonds is 4. The van der Waals surface area contributed by atoms with E-state index in [2.05, 4.69) is 0 Å². The van der Waals surface area contributed by atoms with Gasteiger partial charge in [0.1, 0.15) is 0 Å². The average molecular weight is 153 g/mol. The summed E-state index contributed by atoms with van der Waals surface area (Å²) < 4.78 is 12.2. The molecule has 0 N–H and O–H groups in total. The summed E-state index contributed by atoms with van der Waals surface area (Å²) in [6, 6.07) is 0. The molecule has 0 aliphatic carbocycles. The normalized spacial score (nSPS) is 13.2. The van der Waals surface area contributed by atoms with Crippen LogP contribution in [0.15, 0.2) is 0 Å². The molecule has 0 saturated carbocycles. The average Bonchev–Trinajstić information content (AvgIpc) is 1.82. The van der Waals surface area contributed by atoms with E-state index in [4.69, 9.17) is 11.6 Å². The highest BCUT2D eigenvalue weighted by molar-refractivity contribution is 6.64. The van der Waals surface area contributed by atoms with Gasteiger partial charge >= 0.3 is 0 Å². The summed E-state index contributed by atoms with van der Waals surface area (Å²) in [5.74, 6) is 0. The van der Waals surface area contributed by atoms with Crippen LogP contribution >= 0.6 is 11.6 Å². The number of hydrogen-bond donors (Lipinski definition) is 0. The molecule has 0 aromatic carbocycles. The molecule has 3 heteroatoms. The molecular formula is C6H10ClFO. The molecule has 54 valence electrons. The maximum atomic E-state index is 12.2. The van der Waals surface area contributed by atoms with E-state index < -0.39 is 11.4 Å². The van der Waals surface area contributed by atoms with Crippen LogP contribution in [-0.4, -0.2) is 11.4 Å². The van der Waals surface area contributed by atoms with Crippen LogP contribution < -0.4 is 0 Å². The van der Waals surface area contributed by atoms with Gasteiger partial charge in [0.25, 0.3) is 5.24 Å². The second-order valence-electron chi connectivity index (χ2n) is 1.91. The molecule has 0 heterocycles. The molecule has 0 rings (SSSR count). The van der Waals surface area contributed by atoms with Gasteiger partial charge in [0, 0.05) is 0 Å². The summed E-state index contributed by atoms with van der Waals surface area (Å²) in [5.41, 5.74) is 0. The largest absolute Gasteiger partial charge is 0.278 e. The summed E-state index contributed by atoms with van der Waals surface area (Å²) >= 11 is 4.85. The number of alkyl halides is 1. The zero-order chi connectivity index (χ0) is 7.28. The number of halogens is 2. The van der Waals surface area contributed by atoms with E-state index in [0.29, 0.717) is 0 Å². The molecule has 0 amide bonds. The van der Waals surface area contributed by atoms with Gasteiger partial charge in [-0.25, -0.2) is 4.39 Å². The minimum absolute atomic E-state index is 0.263. The zero-order valence-electron chi connectivity index (χ0n) is 5.36. The van der Waals surface area contributed by atoms with Crippen molar-refractivity contribution in [3.8, 4) is 0 Å². The summed E-state index contributed by atoms with van der Waals surface area (Å²) in [6.07, 6.45) is 0.426. The Bertz CT molecular complexity index is 95.1. The lowest BCUT2D eigenvalue weighted by Crippen LogP contribution is -2.07. The minimum Gasteiger partial charge on any atom is -0.278 e. The molecule has 0 bridgehead atoms. The fourth-order valence-corrected chi connectivity index (χ4v) is 0.606. The van der Waals surface area contributed by atoms with Crippen molar-refractivity contribution in [1.29, 1.82) is 0 Å². The van der Waals surface area contributed by atoms with Crippen molar-refractivity contribution in [3.63, 3.8) is 0 Å². The van der Waals surface area contributed by atoms with Crippen LogP contribution in [-0.2, 0) is 4.79 Å². The fraction of sp³-hybridized carbons (Fsp3) is 0.833. The van der Waals surface area contributed by atoms with E-state index in [1.807, 2.05) is 6.92 Å². The first-order valence-corrected chi connectivity index (χ1v) is 3.39. The Morgan fingerprint density at radius 2 is 2.33 bits per heavy atom. The maximum Gasteiger partial charge on any atom is 0.255 e. The molecule has 1 unspecified atom stereocenters. The molecule has 0 saturated heterocycles. The van der Waals surface area contributed by atoms with E-state index in [1.165, 1.54) is 0 Å². The van der Waals surface area contributed by atoms with Gasteiger partial charge in [-0.05, 0) is 18.0 Å². The molecule has 9 heavy (non-hydrogen) atoms. The summed E-state index contributed by atoms with van der Waals surface area (Å²) in [4.78, 5) is 10.0. The first kappa shape index (κ1) is 8.89. The van der Waals surface area contributed by atoms with Gasteiger partial charge in [0.05, 0.1) is 0 Å². The Kier molecular flexibility index (Phi) is 4.68. The Balaban J connectivity index is 3.27. The van der Waals surface area contributed by atoms with Crippen molar-refractivity contribution in [1.82, 2.24) is 0 Å². The van der Waals surface area contributed by atoms with Crippen LogP contribution in [0, 0.1) is 0 Å². The SMILES string of the molecule is CCCCC(F)C(=O)Cl. The standard InChI is InChI=1S/C6H10ClFO/c1-2-3-4-5(8)6(7)9/h5H,2-4H2,1H3. The lowest BCUT2D eigenvalue weighted by atomic mass is 10.2. The number of hydrogen-bond acceptors (Lipinski definition) is 1. The molecule has 1 atom stereocenters. The van der Waals surface area contributed by atoms with Crippen LogP contribution in [0.25, 0.3) is 0 Å². The molecule has 0 spiro atoms. The molecule has 0 aromatic heterocycles. The first-order valence-electron chi connectivity index (χ1n) is 3.02. The van der Waals surface area contributed by atoms with Crippen LogP contribution in [0.5, 0.6) is 0 Å². The van der Waals surface area contributed by atoms with Gasteiger partial charge < -0.3 is 0 Å². The van der Waals surface area contributed by atoms with Gasteiger partial charge in [-0.15, -0.1) is 0 Å². The quantitative estimate of drug-likeness (QED) is 0.565. The van der Waals surface area contributed by atoms with Crippen LogP contribution in [0.2, 0.25) is 0 Å². The van der Waals surface area contributed by atoms with Gasteiger partial charge in [0.2, 0.25) is 0 Å². The molecule has 1 nitrogen and oxygen atoms in total. The smallest absolute Gasteiger partial charge is 0.255 e. The van der Waals surface area contributed by atoms with E-state index >= 15 is 0 Å². The monoisotopic (exact) mass is 152 g/mol. The molecule has 0 fully saturated rings. The third-order valence-electron chi connectivity index (χ3n) is 1.06. The van der Waals surface area contributed by atoms with Gasteiger partial charge in [-0.2, -0.15) is 0 Å². The molecule has 0 aliphatic heterocycles. The van der Waals surface area contributed by atoms with Crippen molar-refractivity contribution < 1.29 is 9.18 Å². The highest BCUT2D eigenvalue weighted by Gasteiger charge is 2.12. The molecule has 0 radical (unpaired) electrons. The fourth-order valence-electron chi connectivity index (χ4n) is 0.497. The maximum absolute atomic E-state index is 12.2. The Morgan fingerprint density at radius 3 is 2.67 bits per heavy atom. The summed E-state index contributed by atoms with van der Waals surface area (Å²) in [6.45, 7) is 1.94. The Labute approximate surface area is 59.2 Å². The van der Waals surface area contributed by atoms with Crippen molar-refractivity contribution in [2.24, 2.45) is 0 Å². The lowest BCUT2D eigenvalue weighted by molar-refractivity contribution is -0.116. The van der Waals surface area contributed by atoms with E-state index in [-0.39, 0.29) is 6.42 Å². The van der Waals surface area contributed by atoms with Crippen LogP contribution in [0.3, 0.4) is 0 Å². The van der Waals surface area contributed by atoms with E-state index in [0.717, 1.165) is 12.8 Å². The molecule has 0 aliphatic rings. The summed E-state index contributed by atoms with van der Waals surface area (Å²) in [5, 5.41) is -0.872. The topological polar surface area (TPSA) is 17.1 Å². The van der Waals surface area contributed by atoms with Crippen LogP contribution in [0.1, 0.15) is 26.2 Å². The number of carbonyl (C=O) groups is 1. The van der Waals surface area contributed by atoms with Gasteiger partial charge in [-0.3, -0.25) is 4.79 Å². The van der Waals surface area contributed by atoms with Crippen molar-refractivity contribution in [2.75, 3.05) is 0 Å². The second kappa shape index (κ2) is 4.74. The Hall–Kier alpha value is -0.110. The van der Waals surface area contributed by atoms with E-state index in [9.17, 15) is 9.18 Å². The molecular weight excluding hydrogens is 143 g/mol. The number of carbonyl (C=O) groups excluding carboxylic acids is 1. The second-order valence-corrected chi connectivity index (χ2v) is 2.29. The lowest BCUT2D eigenvalue weighted by Gasteiger charge is -1.98. The van der Waals surface area contributed by atoms with Gasteiger partial charge in [0.15, 0.2) is 6.17 Å². The summed E-state index contributed by atoms with van der Waals surface area (Å²) in [7, 11) is 0. The molecule has 0 aromatic rings. The highest BCUT2D eigenvalue weighted by atomic mass is 35.5. The third-order valence-corrected chi connectivity index (χ3v) is 1.29. The van der Waals surface area contributed by atoms with E-state index in [1.54, 1.807) is 0 Å². The van der Waals surface area contributed by atoms with Crippen molar-refractivity contribution in [2.45, 2.75) is 32.4 Å². The predicted molar refractivity (Wildman–Crippen MR) is 35.3 cm³/mol. The highest BCUT2D eigenvalue weighted by Crippen LogP contribution is 2.06. The van der Waals surface area contributed by atoms with Crippen LogP contribution in [0.4, 0.5) is 4.39 Å². The van der Waals surface area contributed by atoms with Gasteiger partial charge in [-0.1, -0.05) is 19.8 Å². The third kappa shape index (κ3) is 4.40.